The molecule has 1 aliphatic rings. The minimum Gasteiger partial charge on any atom is -0.497 e. The Kier molecular flexibility index (Phi) is 8.59. The van der Waals surface area contributed by atoms with E-state index in [1.807, 2.05) is 42.5 Å². The average Bonchev–Trinajstić information content (AvgIpc) is 2.97. The third-order valence-corrected chi connectivity index (χ3v) is 7.73. The van der Waals surface area contributed by atoms with Crippen LogP contribution in [0.3, 0.4) is 0 Å². The molecular weight excluding hydrogens is 547 g/mol. The highest BCUT2D eigenvalue weighted by Crippen LogP contribution is 2.36. The van der Waals surface area contributed by atoms with Crippen LogP contribution in [0.5, 0.6) is 5.75 Å². The second kappa shape index (κ2) is 12.3. The van der Waals surface area contributed by atoms with Gasteiger partial charge in [0.2, 0.25) is 11.9 Å². The number of anilines is 3. The van der Waals surface area contributed by atoms with Crippen LogP contribution in [0.15, 0.2) is 54.7 Å². The lowest BCUT2D eigenvalue weighted by Gasteiger charge is -2.36. The van der Waals surface area contributed by atoms with Crippen molar-refractivity contribution in [2.24, 2.45) is 0 Å². The molecule has 0 saturated carbocycles. The Bertz CT molecular complexity index is 1520. The average molecular weight is 580 g/mol. The van der Waals surface area contributed by atoms with Crippen LogP contribution in [0.1, 0.15) is 12.5 Å². The largest absolute Gasteiger partial charge is 0.497 e. The van der Waals surface area contributed by atoms with E-state index in [0.29, 0.717) is 21.7 Å². The molecule has 2 heterocycles. The van der Waals surface area contributed by atoms with E-state index in [2.05, 4.69) is 43.4 Å². The maximum absolute atomic E-state index is 13.3. The fourth-order valence-electron chi connectivity index (χ4n) is 5.00. The number of carbonyl (C=O) groups is 1. The third kappa shape index (κ3) is 6.09. The maximum Gasteiger partial charge on any atom is 0.238 e. The lowest BCUT2D eigenvalue weighted by Crippen LogP contribution is -2.48. The molecule has 1 aromatic heterocycles. The summed E-state index contributed by atoms with van der Waals surface area (Å²) in [5.41, 5.74) is 4.32. The van der Waals surface area contributed by atoms with E-state index in [-0.39, 0.29) is 12.5 Å². The number of methoxy groups -OCH3 is 1. The maximum atomic E-state index is 13.3. The number of nitrogens with one attached hydrogen (secondary N) is 2. The SMILES string of the molecule is CCc1cc(Cl)c(N2CCN(CC(=O)Nc3cc(-c4ccnc(NC)n4)cc4ccc(OC)cc34)CC2)c(Cl)c1. The van der Waals surface area contributed by atoms with Crippen LogP contribution in [0.25, 0.3) is 22.0 Å². The number of hydrogen-bond donors (Lipinski definition) is 2. The van der Waals surface area contributed by atoms with Crippen molar-refractivity contribution < 1.29 is 9.53 Å². The van der Waals surface area contributed by atoms with Crippen LogP contribution < -0.4 is 20.3 Å². The molecule has 8 nitrogen and oxygen atoms in total. The molecule has 0 bridgehead atoms. The van der Waals surface area contributed by atoms with Gasteiger partial charge in [-0.1, -0.05) is 36.2 Å². The molecule has 4 aromatic rings. The highest BCUT2D eigenvalue weighted by molar-refractivity contribution is 6.39. The van der Waals surface area contributed by atoms with Crippen LogP contribution in [0.4, 0.5) is 17.3 Å². The molecule has 0 atom stereocenters. The number of piperazine rings is 1. The van der Waals surface area contributed by atoms with Gasteiger partial charge >= 0.3 is 0 Å². The van der Waals surface area contributed by atoms with Gasteiger partial charge in [0, 0.05) is 56.1 Å². The Morgan fingerprint density at radius 1 is 1.02 bits per heavy atom. The van der Waals surface area contributed by atoms with Crippen molar-refractivity contribution in [1.82, 2.24) is 14.9 Å². The van der Waals surface area contributed by atoms with Crippen LogP contribution in [-0.4, -0.2) is 67.7 Å². The molecular formula is C30H32Cl2N6O2. The second-order valence-electron chi connectivity index (χ2n) is 9.70. The Morgan fingerprint density at radius 3 is 2.45 bits per heavy atom. The molecule has 0 unspecified atom stereocenters. The van der Waals surface area contributed by atoms with E-state index in [1.54, 1.807) is 20.4 Å². The number of benzene rings is 3. The van der Waals surface area contributed by atoms with Crippen molar-refractivity contribution in [2.75, 3.05) is 62.4 Å². The summed E-state index contributed by atoms with van der Waals surface area (Å²) in [6, 6.07) is 15.6. The molecule has 0 radical (unpaired) electrons. The fourth-order valence-corrected chi connectivity index (χ4v) is 5.77. The van der Waals surface area contributed by atoms with Gasteiger partial charge in [-0.3, -0.25) is 9.69 Å². The summed E-state index contributed by atoms with van der Waals surface area (Å²) >= 11 is 13.2. The van der Waals surface area contributed by atoms with Gasteiger partial charge in [-0.05, 0) is 59.8 Å². The monoisotopic (exact) mass is 578 g/mol. The predicted molar refractivity (Wildman–Crippen MR) is 164 cm³/mol. The predicted octanol–water partition coefficient (Wildman–Crippen LogP) is 5.98. The van der Waals surface area contributed by atoms with E-state index in [4.69, 9.17) is 27.9 Å². The van der Waals surface area contributed by atoms with Crippen molar-refractivity contribution in [2.45, 2.75) is 13.3 Å². The number of aromatic nitrogens is 2. The molecule has 3 aromatic carbocycles. The van der Waals surface area contributed by atoms with E-state index in [0.717, 1.165) is 71.6 Å². The van der Waals surface area contributed by atoms with Crippen LogP contribution >= 0.6 is 23.2 Å². The number of nitrogens with zero attached hydrogens (tertiary/aromatic N) is 4. The molecule has 5 rings (SSSR count). The molecule has 0 spiro atoms. The van der Waals surface area contributed by atoms with Gasteiger partial charge in [0.15, 0.2) is 0 Å². The molecule has 208 valence electrons. The number of carbonyl (C=O) groups excluding carboxylic acids is 1. The quantitative estimate of drug-likeness (QED) is 0.266. The smallest absolute Gasteiger partial charge is 0.238 e. The summed E-state index contributed by atoms with van der Waals surface area (Å²) in [5, 5.41) is 9.32. The van der Waals surface area contributed by atoms with E-state index < -0.39 is 0 Å². The first-order valence-electron chi connectivity index (χ1n) is 13.3. The standard InChI is InChI=1S/C30H32Cl2N6O2/c1-4-19-13-24(31)29(25(32)14-19)38-11-9-37(10-12-38)18-28(39)35-27-16-21(26-7-8-34-30(33-2)36-26)15-20-5-6-22(40-3)17-23(20)27/h5-8,13-17H,4,9-12,18H2,1-3H3,(H,35,39)(H,33,34,36). The first-order chi connectivity index (χ1) is 19.4. The van der Waals surface area contributed by atoms with Gasteiger partial charge in [0.1, 0.15) is 5.75 Å². The molecule has 1 saturated heterocycles. The van der Waals surface area contributed by atoms with Gasteiger partial charge < -0.3 is 20.3 Å². The lowest BCUT2D eigenvalue weighted by molar-refractivity contribution is -0.117. The van der Waals surface area contributed by atoms with Crippen molar-refractivity contribution in [3.05, 3.63) is 70.3 Å². The van der Waals surface area contributed by atoms with Gasteiger partial charge in [0.05, 0.1) is 35.1 Å². The number of fused-ring (bicyclic) bond motifs is 1. The lowest BCUT2D eigenvalue weighted by atomic mass is 10.0. The number of hydrogen-bond acceptors (Lipinski definition) is 7. The summed E-state index contributed by atoms with van der Waals surface area (Å²) in [5.74, 6) is 1.16. The number of ether oxygens (including phenoxy) is 1. The Hall–Kier alpha value is -3.59. The van der Waals surface area contributed by atoms with Crippen LogP contribution in [0, 0.1) is 0 Å². The number of aryl methyl sites for hydroxylation is 1. The summed E-state index contributed by atoms with van der Waals surface area (Å²) in [4.78, 5) is 26.4. The molecule has 1 amide bonds. The molecule has 40 heavy (non-hydrogen) atoms. The van der Waals surface area contributed by atoms with Crippen LogP contribution in [0.2, 0.25) is 10.0 Å². The van der Waals surface area contributed by atoms with Gasteiger partial charge in [-0.25, -0.2) is 9.97 Å². The molecule has 1 aliphatic heterocycles. The van der Waals surface area contributed by atoms with E-state index in [9.17, 15) is 4.79 Å². The van der Waals surface area contributed by atoms with Crippen molar-refractivity contribution in [1.29, 1.82) is 0 Å². The molecule has 0 aliphatic carbocycles. The Labute approximate surface area is 244 Å². The Morgan fingerprint density at radius 2 is 1.77 bits per heavy atom. The zero-order valence-electron chi connectivity index (χ0n) is 22.8. The van der Waals surface area contributed by atoms with Gasteiger partial charge in [-0.15, -0.1) is 0 Å². The minimum atomic E-state index is -0.0864. The second-order valence-corrected chi connectivity index (χ2v) is 10.5. The first-order valence-corrected chi connectivity index (χ1v) is 14.0. The number of halogens is 2. The molecule has 10 heteroatoms. The third-order valence-electron chi connectivity index (χ3n) is 7.15. The zero-order chi connectivity index (χ0) is 28.2. The highest BCUT2D eigenvalue weighted by atomic mass is 35.5. The Balaban J connectivity index is 1.32. The first kappa shape index (κ1) is 28.0. The molecule has 1 fully saturated rings. The number of rotatable bonds is 8. The topological polar surface area (TPSA) is 82.6 Å². The van der Waals surface area contributed by atoms with Gasteiger partial charge in [0.25, 0.3) is 0 Å². The summed E-state index contributed by atoms with van der Waals surface area (Å²) in [6.07, 6.45) is 2.59. The van der Waals surface area contributed by atoms with E-state index >= 15 is 0 Å². The normalized spacial score (nSPS) is 13.9. The fraction of sp³-hybridized carbons (Fsp3) is 0.300. The minimum absolute atomic E-state index is 0.0864. The van der Waals surface area contributed by atoms with Crippen LogP contribution in [-0.2, 0) is 11.2 Å². The highest BCUT2D eigenvalue weighted by Gasteiger charge is 2.23. The van der Waals surface area contributed by atoms with Gasteiger partial charge in [-0.2, -0.15) is 0 Å². The summed E-state index contributed by atoms with van der Waals surface area (Å²) < 4.78 is 5.45. The van der Waals surface area contributed by atoms with Crippen molar-refractivity contribution in [3.8, 4) is 17.0 Å². The van der Waals surface area contributed by atoms with Crippen molar-refractivity contribution >= 4 is 57.2 Å². The van der Waals surface area contributed by atoms with Crippen molar-refractivity contribution in [3.63, 3.8) is 0 Å². The number of amides is 1. The zero-order valence-corrected chi connectivity index (χ0v) is 24.3. The molecule has 2 N–H and O–H groups in total. The van der Waals surface area contributed by atoms with E-state index in [1.165, 1.54) is 0 Å². The summed E-state index contributed by atoms with van der Waals surface area (Å²) in [7, 11) is 3.41. The summed E-state index contributed by atoms with van der Waals surface area (Å²) in [6.45, 7) is 5.26.